The standard InChI is InChI=1S/C16H13NO2S2/c1-19-13-9-11(8-12(18)10-13)6-7-20-16-17-14-4-2-3-5-15(14)21-16/h2-10,18H,1H3/b7-6+. The molecule has 1 heterocycles. The summed E-state index contributed by atoms with van der Waals surface area (Å²) >= 11 is 3.23. The molecule has 0 fully saturated rings. The Kier molecular flexibility index (Phi) is 4.13. The predicted octanol–water partition coefficient (Wildman–Crippen LogP) is 4.77. The summed E-state index contributed by atoms with van der Waals surface area (Å²) in [5.74, 6) is 0.832. The number of fused-ring (bicyclic) bond motifs is 1. The minimum absolute atomic E-state index is 0.194. The Morgan fingerprint density at radius 2 is 2.10 bits per heavy atom. The third kappa shape index (κ3) is 3.37. The lowest BCUT2D eigenvalue weighted by molar-refractivity contribution is 0.407. The number of ether oxygens (including phenoxy) is 1. The molecule has 0 aliphatic rings. The topological polar surface area (TPSA) is 42.4 Å². The van der Waals surface area contributed by atoms with Crippen molar-refractivity contribution in [3.8, 4) is 11.5 Å². The smallest absolute Gasteiger partial charge is 0.155 e. The average Bonchev–Trinajstić information content (AvgIpc) is 2.89. The molecule has 1 N–H and O–H groups in total. The number of hydrogen-bond acceptors (Lipinski definition) is 5. The lowest BCUT2D eigenvalue weighted by Crippen LogP contribution is -1.83. The van der Waals surface area contributed by atoms with Crippen LogP contribution in [0.4, 0.5) is 0 Å². The Balaban J connectivity index is 1.76. The van der Waals surface area contributed by atoms with E-state index >= 15 is 0 Å². The van der Waals surface area contributed by atoms with Gasteiger partial charge in [0.25, 0.3) is 0 Å². The van der Waals surface area contributed by atoms with Crippen molar-refractivity contribution < 1.29 is 9.84 Å². The van der Waals surface area contributed by atoms with Crippen molar-refractivity contribution in [2.24, 2.45) is 0 Å². The van der Waals surface area contributed by atoms with E-state index in [2.05, 4.69) is 11.1 Å². The second-order valence-corrected chi connectivity index (χ2v) is 6.52. The quantitative estimate of drug-likeness (QED) is 0.704. The number of thioether (sulfide) groups is 1. The van der Waals surface area contributed by atoms with Gasteiger partial charge in [0.2, 0.25) is 0 Å². The fourth-order valence-corrected chi connectivity index (χ4v) is 3.71. The van der Waals surface area contributed by atoms with Crippen molar-refractivity contribution in [2.75, 3.05) is 7.11 Å². The van der Waals surface area contributed by atoms with E-state index in [-0.39, 0.29) is 5.75 Å². The van der Waals surface area contributed by atoms with Crippen LogP contribution in [0.5, 0.6) is 11.5 Å². The second-order valence-electron chi connectivity index (χ2n) is 4.33. The lowest BCUT2D eigenvalue weighted by Gasteiger charge is -2.02. The van der Waals surface area contributed by atoms with E-state index in [4.69, 9.17) is 4.74 Å². The van der Waals surface area contributed by atoms with Gasteiger partial charge in [0.05, 0.1) is 17.3 Å². The van der Waals surface area contributed by atoms with Crippen LogP contribution >= 0.6 is 23.1 Å². The maximum absolute atomic E-state index is 9.61. The van der Waals surface area contributed by atoms with E-state index in [1.807, 2.05) is 35.7 Å². The molecule has 5 heteroatoms. The largest absolute Gasteiger partial charge is 0.508 e. The minimum Gasteiger partial charge on any atom is -0.508 e. The summed E-state index contributed by atoms with van der Waals surface area (Å²) in [6, 6.07) is 13.2. The highest BCUT2D eigenvalue weighted by Gasteiger charge is 2.02. The molecule has 0 aliphatic carbocycles. The van der Waals surface area contributed by atoms with Crippen molar-refractivity contribution >= 4 is 39.4 Å². The molecule has 0 bridgehead atoms. The van der Waals surface area contributed by atoms with Gasteiger partial charge in [0.1, 0.15) is 11.5 Å². The number of methoxy groups -OCH3 is 1. The molecule has 3 aromatic rings. The number of hydrogen-bond donors (Lipinski definition) is 1. The van der Waals surface area contributed by atoms with Gasteiger partial charge in [-0.25, -0.2) is 4.98 Å². The third-order valence-corrected chi connectivity index (χ3v) is 4.79. The molecule has 0 amide bonds. The number of thiazole rings is 1. The van der Waals surface area contributed by atoms with Crippen LogP contribution in [0, 0.1) is 0 Å². The van der Waals surface area contributed by atoms with Crippen molar-refractivity contribution in [3.05, 3.63) is 53.4 Å². The highest BCUT2D eigenvalue weighted by molar-refractivity contribution is 8.04. The number of aromatic hydroxyl groups is 1. The van der Waals surface area contributed by atoms with Crippen LogP contribution in [0.15, 0.2) is 52.2 Å². The number of para-hydroxylation sites is 1. The highest BCUT2D eigenvalue weighted by atomic mass is 32.2. The van der Waals surface area contributed by atoms with Crippen LogP contribution < -0.4 is 4.74 Å². The minimum atomic E-state index is 0.194. The number of phenols is 1. The number of phenolic OH excluding ortho intramolecular Hbond substituents is 1. The first kappa shape index (κ1) is 14.0. The molecule has 0 unspecified atom stereocenters. The summed E-state index contributed by atoms with van der Waals surface area (Å²) in [6.07, 6.45) is 1.93. The van der Waals surface area contributed by atoms with E-state index in [1.54, 1.807) is 42.3 Å². The van der Waals surface area contributed by atoms with E-state index < -0.39 is 0 Å². The van der Waals surface area contributed by atoms with Gasteiger partial charge in [0, 0.05) is 6.07 Å². The van der Waals surface area contributed by atoms with Crippen LogP contribution in [-0.4, -0.2) is 17.2 Å². The molecule has 0 spiro atoms. The molecule has 0 saturated carbocycles. The first-order valence-electron chi connectivity index (χ1n) is 6.31. The molecule has 0 atom stereocenters. The summed E-state index contributed by atoms with van der Waals surface area (Å²) in [4.78, 5) is 4.55. The van der Waals surface area contributed by atoms with Crippen LogP contribution in [0.3, 0.4) is 0 Å². The molecule has 106 valence electrons. The zero-order valence-electron chi connectivity index (χ0n) is 11.3. The van der Waals surface area contributed by atoms with Crippen molar-refractivity contribution in [3.63, 3.8) is 0 Å². The van der Waals surface area contributed by atoms with Crippen LogP contribution in [0.2, 0.25) is 0 Å². The monoisotopic (exact) mass is 315 g/mol. The van der Waals surface area contributed by atoms with Crippen LogP contribution in [0.1, 0.15) is 5.56 Å². The van der Waals surface area contributed by atoms with Crippen LogP contribution in [-0.2, 0) is 0 Å². The molecular formula is C16H13NO2S2. The molecule has 3 nitrogen and oxygen atoms in total. The second kappa shape index (κ2) is 6.20. The van der Waals surface area contributed by atoms with Gasteiger partial charge in [-0.1, -0.05) is 23.9 Å². The first-order chi connectivity index (χ1) is 10.2. The summed E-state index contributed by atoms with van der Waals surface area (Å²) < 4.78 is 7.32. The van der Waals surface area contributed by atoms with Crippen molar-refractivity contribution in [2.45, 2.75) is 4.34 Å². The fourth-order valence-electron chi connectivity index (χ4n) is 1.89. The summed E-state index contributed by atoms with van der Waals surface area (Å²) in [5, 5.41) is 11.6. The summed E-state index contributed by atoms with van der Waals surface area (Å²) in [6.45, 7) is 0. The Labute approximate surface area is 130 Å². The average molecular weight is 315 g/mol. The Bertz CT molecular complexity index is 763. The third-order valence-electron chi connectivity index (χ3n) is 2.85. The summed E-state index contributed by atoms with van der Waals surface area (Å²) in [7, 11) is 1.58. The van der Waals surface area contributed by atoms with Crippen molar-refractivity contribution in [1.29, 1.82) is 0 Å². The van der Waals surface area contributed by atoms with Gasteiger partial charge in [-0.05, 0) is 41.3 Å². The number of rotatable bonds is 4. The molecule has 0 aliphatic heterocycles. The molecule has 0 saturated heterocycles. The van der Waals surface area contributed by atoms with Gasteiger partial charge in [-0.15, -0.1) is 11.3 Å². The van der Waals surface area contributed by atoms with E-state index in [0.717, 1.165) is 15.4 Å². The molecule has 2 aromatic carbocycles. The first-order valence-corrected chi connectivity index (χ1v) is 8.01. The Morgan fingerprint density at radius 3 is 2.90 bits per heavy atom. The van der Waals surface area contributed by atoms with E-state index in [0.29, 0.717) is 5.75 Å². The van der Waals surface area contributed by atoms with Gasteiger partial charge in [0.15, 0.2) is 4.34 Å². The molecular weight excluding hydrogens is 302 g/mol. The molecule has 1 aromatic heterocycles. The van der Waals surface area contributed by atoms with Gasteiger partial charge in [-0.2, -0.15) is 0 Å². The normalized spacial score (nSPS) is 11.3. The molecule has 0 radical (unpaired) electrons. The maximum atomic E-state index is 9.61. The van der Waals surface area contributed by atoms with Crippen molar-refractivity contribution in [1.82, 2.24) is 4.98 Å². The fraction of sp³-hybridized carbons (Fsp3) is 0.0625. The number of aromatic nitrogens is 1. The molecule has 3 rings (SSSR count). The highest BCUT2D eigenvalue weighted by Crippen LogP contribution is 2.31. The zero-order chi connectivity index (χ0) is 14.7. The maximum Gasteiger partial charge on any atom is 0.155 e. The van der Waals surface area contributed by atoms with Gasteiger partial charge < -0.3 is 9.84 Å². The van der Waals surface area contributed by atoms with E-state index in [1.165, 1.54) is 4.70 Å². The van der Waals surface area contributed by atoms with Gasteiger partial charge in [-0.3, -0.25) is 0 Å². The van der Waals surface area contributed by atoms with Crippen LogP contribution in [0.25, 0.3) is 16.3 Å². The predicted molar refractivity (Wildman–Crippen MR) is 89.2 cm³/mol. The number of nitrogens with zero attached hydrogens (tertiary/aromatic N) is 1. The van der Waals surface area contributed by atoms with E-state index in [9.17, 15) is 5.11 Å². The number of benzene rings is 2. The Hall–Kier alpha value is -1.98. The zero-order valence-corrected chi connectivity index (χ0v) is 12.9. The SMILES string of the molecule is COc1cc(O)cc(/C=C/Sc2nc3ccccc3s2)c1. The van der Waals surface area contributed by atoms with Gasteiger partial charge >= 0.3 is 0 Å². The molecule has 21 heavy (non-hydrogen) atoms. The lowest BCUT2D eigenvalue weighted by atomic mass is 10.2. The Morgan fingerprint density at radius 1 is 1.24 bits per heavy atom. The summed E-state index contributed by atoms with van der Waals surface area (Å²) in [5.41, 5.74) is 1.91.